The van der Waals surface area contributed by atoms with Crippen molar-refractivity contribution in [1.29, 1.82) is 0 Å². The van der Waals surface area contributed by atoms with E-state index in [-0.39, 0.29) is 12.1 Å². The van der Waals surface area contributed by atoms with Crippen molar-refractivity contribution in [2.24, 2.45) is 0 Å². The molecule has 1 unspecified atom stereocenters. The van der Waals surface area contributed by atoms with E-state index in [1.54, 1.807) is 0 Å². The molecule has 0 radical (unpaired) electrons. The summed E-state index contributed by atoms with van der Waals surface area (Å²) in [6.07, 6.45) is 11.4. The Bertz CT molecular complexity index is 376. The van der Waals surface area contributed by atoms with Gasteiger partial charge in [-0.2, -0.15) is 0 Å². The molecule has 0 aromatic heterocycles. The molecule has 5 heteroatoms. The van der Waals surface area contributed by atoms with Crippen LogP contribution in [0.1, 0.15) is 64.2 Å². The highest BCUT2D eigenvalue weighted by molar-refractivity contribution is 5.74. The predicted octanol–water partition coefficient (Wildman–Crippen LogP) is 2.00. The molecule has 3 rings (SSSR count). The number of aliphatic hydroxyl groups is 1. The lowest BCUT2D eigenvalue weighted by molar-refractivity contribution is 0.00713. The van der Waals surface area contributed by atoms with Gasteiger partial charge in [0.1, 0.15) is 0 Å². The molecule has 1 heterocycles. The fourth-order valence-electron chi connectivity index (χ4n) is 4.37. The van der Waals surface area contributed by atoms with Gasteiger partial charge >= 0.3 is 6.03 Å². The first kappa shape index (κ1) is 16.1. The average Bonchev–Trinajstić information content (AvgIpc) is 3.17. The Morgan fingerprint density at radius 1 is 1.09 bits per heavy atom. The highest BCUT2D eigenvalue weighted by Gasteiger charge is 2.32. The Morgan fingerprint density at radius 2 is 1.82 bits per heavy atom. The molecule has 1 atom stereocenters. The summed E-state index contributed by atoms with van der Waals surface area (Å²) in [5.74, 6) is 0. The van der Waals surface area contributed by atoms with Gasteiger partial charge in [-0.05, 0) is 32.1 Å². The van der Waals surface area contributed by atoms with E-state index in [1.807, 2.05) is 0 Å². The molecule has 3 fully saturated rings. The van der Waals surface area contributed by atoms with E-state index in [2.05, 4.69) is 15.5 Å². The van der Waals surface area contributed by atoms with Crippen LogP contribution in [-0.4, -0.2) is 53.4 Å². The third-order valence-electron chi connectivity index (χ3n) is 5.76. The second-order valence-electron chi connectivity index (χ2n) is 7.53. The van der Waals surface area contributed by atoms with Gasteiger partial charge in [0.15, 0.2) is 0 Å². The van der Waals surface area contributed by atoms with Crippen LogP contribution in [0.5, 0.6) is 0 Å². The maximum Gasteiger partial charge on any atom is 0.315 e. The zero-order valence-electron chi connectivity index (χ0n) is 13.6. The summed E-state index contributed by atoms with van der Waals surface area (Å²) in [5.41, 5.74) is -0.679. The number of amides is 2. The van der Waals surface area contributed by atoms with Crippen LogP contribution < -0.4 is 10.6 Å². The minimum atomic E-state index is -0.679. The van der Waals surface area contributed by atoms with Gasteiger partial charge in [0.25, 0.3) is 0 Å². The Labute approximate surface area is 133 Å². The van der Waals surface area contributed by atoms with Crippen LogP contribution in [-0.2, 0) is 0 Å². The van der Waals surface area contributed by atoms with Crippen molar-refractivity contribution < 1.29 is 9.90 Å². The van der Waals surface area contributed by atoms with Crippen molar-refractivity contribution in [3.8, 4) is 0 Å². The van der Waals surface area contributed by atoms with Gasteiger partial charge in [-0.15, -0.1) is 0 Å². The molecule has 0 aromatic rings. The maximum absolute atomic E-state index is 12.1. The van der Waals surface area contributed by atoms with Crippen LogP contribution in [0, 0.1) is 0 Å². The summed E-state index contributed by atoms with van der Waals surface area (Å²) in [6, 6.07) is 0.900. The topological polar surface area (TPSA) is 64.6 Å². The number of carbonyl (C=O) groups is 1. The molecule has 22 heavy (non-hydrogen) atoms. The normalized spacial score (nSPS) is 29.6. The van der Waals surface area contributed by atoms with Crippen molar-refractivity contribution in [3.05, 3.63) is 0 Å². The highest BCUT2D eigenvalue weighted by atomic mass is 16.3. The number of nitrogens with one attached hydrogen (secondary N) is 2. The number of rotatable bonds is 4. The molecule has 1 saturated heterocycles. The molecule has 3 N–H and O–H groups in total. The summed E-state index contributed by atoms with van der Waals surface area (Å²) in [4.78, 5) is 14.6. The fraction of sp³-hybridized carbons (Fsp3) is 0.941. The molecule has 0 aromatic carbocycles. The molecule has 0 spiro atoms. The fourth-order valence-corrected chi connectivity index (χ4v) is 4.37. The van der Waals surface area contributed by atoms with Gasteiger partial charge in [-0.1, -0.05) is 32.1 Å². The lowest BCUT2D eigenvalue weighted by Gasteiger charge is -2.32. The minimum absolute atomic E-state index is 0.114. The minimum Gasteiger partial charge on any atom is -0.388 e. The molecule has 2 amide bonds. The number of hydrogen-bond donors (Lipinski definition) is 3. The predicted molar refractivity (Wildman–Crippen MR) is 86.8 cm³/mol. The van der Waals surface area contributed by atoms with Crippen LogP contribution in [0.15, 0.2) is 0 Å². The molecular formula is C17H31N3O2. The zero-order valence-corrected chi connectivity index (χ0v) is 13.6. The molecule has 1 aliphatic heterocycles. The van der Waals surface area contributed by atoms with E-state index in [0.29, 0.717) is 6.54 Å². The van der Waals surface area contributed by atoms with Crippen LogP contribution >= 0.6 is 0 Å². The van der Waals surface area contributed by atoms with Crippen molar-refractivity contribution in [2.45, 2.75) is 81.9 Å². The Kier molecular flexibility index (Phi) is 5.24. The average molecular weight is 309 g/mol. The quantitative estimate of drug-likeness (QED) is 0.744. The standard InChI is InChI=1S/C17H31N3O2/c21-16(18-13-17(22)9-4-1-5-10-17)19-14-8-11-20(12-14)15-6-2-3-7-15/h14-15,22H,1-13H2,(H2,18,19,21). The van der Waals surface area contributed by atoms with Crippen LogP contribution in [0.4, 0.5) is 4.79 Å². The Morgan fingerprint density at radius 3 is 2.55 bits per heavy atom. The molecule has 3 aliphatic rings. The molecule has 0 bridgehead atoms. The van der Waals surface area contributed by atoms with E-state index < -0.39 is 5.60 Å². The Balaban J connectivity index is 1.37. The number of carbonyl (C=O) groups excluding carboxylic acids is 1. The zero-order chi connectivity index (χ0) is 15.4. The number of hydrogen-bond acceptors (Lipinski definition) is 3. The lowest BCUT2D eigenvalue weighted by atomic mass is 9.85. The van der Waals surface area contributed by atoms with Crippen molar-refractivity contribution in [3.63, 3.8) is 0 Å². The lowest BCUT2D eigenvalue weighted by Crippen LogP contribution is -2.50. The van der Waals surface area contributed by atoms with Gasteiger partial charge in [-0.3, -0.25) is 4.90 Å². The highest BCUT2D eigenvalue weighted by Crippen LogP contribution is 2.28. The monoisotopic (exact) mass is 309 g/mol. The summed E-state index contributed by atoms with van der Waals surface area (Å²) in [5, 5.41) is 16.4. The summed E-state index contributed by atoms with van der Waals surface area (Å²) >= 11 is 0. The van der Waals surface area contributed by atoms with E-state index >= 15 is 0 Å². The molecule has 2 aliphatic carbocycles. The van der Waals surface area contributed by atoms with E-state index in [9.17, 15) is 9.90 Å². The van der Waals surface area contributed by atoms with Gasteiger partial charge < -0.3 is 15.7 Å². The first-order valence-electron chi connectivity index (χ1n) is 9.15. The second kappa shape index (κ2) is 7.18. The van der Waals surface area contributed by atoms with E-state index in [0.717, 1.165) is 51.2 Å². The molecular weight excluding hydrogens is 278 g/mol. The van der Waals surface area contributed by atoms with Crippen molar-refractivity contribution in [1.82, 2.24) is 15.5 Å². The summed E-state index contributed by atoms with van der Waals surface area (Å²) < 4.78 is 0. The number of nitrogens with zero attached hydrogens (tertiary/aromatic N) is 1. The second-order valence-corrected chi connectivity index (χ2v) is 7.53. The molecule has 126 valence electrons. The van der Waals surface area contributed by atoms with Crippen LogP contribution in [0.2, 0.25) is 0 Å². The first-order valence-corrected chi connectivity index (χ1v) is 9.15. The first-order chi connectivity index (χ1) is 10.6. The van der Waals surface area contributed by atoms with E-state index in [4.69, 9.17) is 0 Å². The molecule has 5 nitrogen and oxygen atoms in total. The van der Waals surface area contributed by atoms with E-state index in [1.165, 1.54) is 32.1 Å². The third-order valence-corrected chi connectivity index (χ3v) is 5.76. The van der Waals surface area contributed by atoms with Crippen LogP contribution in [0.3, 0.4) is 0 Å². The maximum atomic E-state index is 12.1. The largest absolute Gasteiger partial charge is 0.388 e. The number of urea groups is 1. The smallest absolute Gasteiger partial charge is 0.315 e. The summed E-state index contributed by atoms with van der Waals surface area (Å²) in [7, 11) is 0. The van der Waals surface area contributed by atoms with Gasteiger partial charge in [0.2, 0.25) is 0 Å². The third kappa shape index (κ3) is 4.13. The van der Waals surface area contributed by atoms with Gasteiger partial charge in [0, 0.05) is 31.7 Å². The SMILES string of the molecule is O=C(NCC1(O)CCCCC1)NC1CCN(C2CCCC2)C1. The number of likely N-dealkylation sites (tertiary alicyclic amines) is 1. The Hall–Kier alpha value is -0.810. The summed E-state index contributed by atoms with van der Waals surface area (Å²) in [6.45, 7) is 2.49. The van der Waals surface area contributed by atoms with Gasteiger partial charge in [0.05, 0.1) is 5.60 Å². The van der Waals surface area contributed by atoms with Crippen LogP contribution in [0.25, 0.3) is 0 Å². The van der Waals surface area contributed by atoms with Gasteiger partial charge in [-0.25, -0.2) is 4.79 Å². The molecule has 2 saturated carbocycles. The van der Waals surface area contributed by atoms with Crippen molar-refractivity contribution >= 4 is 6.03 Å². The van der Waals surface area contributed by atoms with Crippen molar-refractivity contribution in [2.75, 3.05) is 19.6 Å².